The zero-order valence-corrected chi connectivity index (χ0v) is 17.1. The Morgan fingerprint density at radius 2 is 1.80 bits per heavy atom. The number of hydrogen-bond donors (Lipinski definition) is 1. The van der Waals surface area contributed by atoms with Gasteiger partial charge >= 0.3 is 0 Å². The Labute approximate surface area is 176 Å². The van der Waals surface area contributed by atoms with Crippen LogP contribution in [0.5, 0.6) is 5.75 Å². The molecule has 2 aromatic heterocycles. The molecule has 5 rings (SSSR count). The Bertz CT molecular complexity index is 1190. The lowest BCUT2D eigenvalue weighted by Gasteiger charge is -2.23. The third kappa shape index (κ3) is 3.62. The van der Waals surface area contributed by atoms with Crippen LogP contribution in [0, 0.1) is 0 Å². The molecule has 1 aliphatic rings. The fourth-order valence-electron chi connectivity index (χ4n) is 4.25. The van der Waals surface area contributed by atoms with Crippen molar-refractivity contribution in [3.63, 3.8) is 0 Å². The van der Waals surface area contributed by atoms with Gasteiger partial charge in [0, 0.05) is 29.6 Å². The van der Waals surface area contributed by atoms with Gasteiger partial charge in [-0.05, 0) is 54.8 Å². The zero-order valence-electron chi connectivity index (χ0n) is 17.1. The highest BCUT2D eigenvalue weighted by atomic mass is 16.5. The molecule has 30 heavy (non-hydrogen) atoms. The first-order valence-electron chi connectivity index (χ1n) is 10.4. The van der Waals surface area contributed by atoms with Crippen LogP contribution in [0.1, 0.15) is 17.5 Å². The molecule has 2 aromatic carbocycles. The molecular formula is C26H25N3O. The summed E-state index contributed by atoms with van der Waals surface area (Å²) in [6.07, 6.45) is 8.52. The molecule has 150 valence electrons. The van der Waals surface area contributed by atoms with Crippen molar-refractivity contribution in [3.8, 4) is 17.0 Å². The van der Waals surface area contributed by atoms with Gasteiger partial charge in [0.2, 0.25) is 0 Å². The van der Waals surface area contributed by atoms with Gasteiger partial charge < -0.3 is 14.5 Å². The molecule has 3 heterocycles. The molecule has 1 N–H and O–H groups in total. The van der Waals surface area contributed by atoms with Crippen LogP contribution in [-0.2, 0) is 6.42 Å². The number of hydrogen-bond acceptors (Lipinski definition) is 3. The number of nitrogens with one attached hydrogen (secondary N) is 1. The van der Waals surface area contributed by atoms with E-state index in [2.05, 4.69) is 76.7 Å². The first-order valence-corrected chi connectivity index (χ1v) is 10.4. The van der Waals surface area contributed by atoms with Gasteiger partial charge in [-0.3, -0.25) is 0 Å². The van der Waals surface area contributed by atoms with Gasteiger partial charge in [-0.15, -0.1) is 0 Å². The molecule has 0 aliphatic carbocycles. The smallest absolute Gasteiger partial charge is 0.145 e. The van der Waals surface area contributed by atoms with E-state index >= 15 is 0 Å². The molecule has 4 heteroatoms. The van der Waals surface area contributed by atoms with E-state index in [-0.39, 0.29) is 0 Å². The maximum atomic E-state index is 5.54. The third-order valence-electron chi connectivity index (χ3n) is 5.71. The van der Waals surface area contributed by atoms with Gasteiger partial charge in [0.1, 0.15) is 11.4 Å². The number of fused-ring (bicyclic) bond motifs is 1. The third-order valence-corrected chi connectivity index (χ3v) is 5.71. The van der Waals surface area contributed by atoms with Crippen molar-refractivity contribution in [2.45, 2.75) is 18.9 Å². The lowest BCUT2D eigenvalue weighted by Crippen LogP contribution is -2.33. The van der Waals surface area contributed by atoms with E-state index < -0.39 is 0 Å². The molecular weight excluding hydrogens is 370 g/mol. The molecule has 0 saturated carbocycles. The minimum absolute atomic E-state index is 0.333. The van der Waals surface area contributed by atoms with Crippen molar-refractivity contribution in [1.29, 1.82) is 0 Å². The van der Waals surface area contributed by atoms with Crippen LogP contribution in [0.25, 0.3) is 22.5 Å². The number of ether oxygens (including phenoxy) is 1. The Kier molecular flexibility index (Phi) is 5.08. The maximum Gasteiger partial charge on any atom is 0.145 e. The van der Waals surface area contributed by atoms with Crippen molar-refractivity contribution in [2.75, 3.05) is 13.7 Å². The SMILES string of the molecule is COc1ccccc1-c1cn2cccc(C3=CC(Cc4ccccc4)NCC3)c2n1. The summed E-state index contributed by atoms with van der Waals surface area (Å²) in [6, 6.07) is 23.3. The summed E-state index contributed by atoms with van der Waals surface area (Å²) in [6.45, 7) is 0.977. The summed E-state index contributed by atoms with van der Waals surface area (Å²) in [5, 5.41) is 3.64. The van der Waals surface area contributed by atoms with Crippen molar-refractivity contribution in [1.82, 2.24) is 14.7 Å². The summed E-state index contributed by atoms with van der Waals surface area (Å²) in [5.74, 6) is 0.839. The van der Waals surface area contributed by atoms with Gasteiger partial charge in [0.25, 0.3) is 0 Å². The first kappa shape index (κ1) is 18.6. The van der Waals surface area contributed by atoms with E-state index in [9.17, 15) is 0 Å². The summed E-state index contributed by atoms with van der Waals surface area (Å²) in [4.78, 5) is 5.00. The number of rotatable bonds is 5. The van der Waals surface area contributed by atoms with Crippen LogP contribution in [0.4, 0.5) is 0 Å². The van der Waals surface area contributed by atoms with Crippen LogP contribution in [0.15, 0.2) is 85.2 Å². The van der Waals surface area contributed by atoms with E-state index in [4.69, 9.17) is 9.72 Å². The average molecular weight is 396 g/mol. The van der Waals surface area contributed by atoms with E-state index in [1.807, 2.05) is 18.2 Å². The number of nitrogens with zero attached hydrogens (tertiary/aromatic N) is 2. The van der Waals surface area contributed by atoms with Gasteiger partial charge in [-0.25, -0.2) is 4.98 Å². The monoisotopic (exact) mass is 395 g/mol. The molecule has 4 aromatic rings. The highest BCUT2D eigenvalue weighted by Crippen LogP contribution is 2.32. The minimum atomic E-state index is 0.333. The van der Waals surface area contributed by atoms with Crippen molar-refractivity contribution in [3.05, 3.63) is 96.3 Å². The minimum Gasteiger partial charge on any atom is -0.496 e. The Balaban J connectivity index is 1.52. The van der Waals surface area contributed by atoms with E-state index in [1.54, 1.807) is 7.11 Å². The molecule has 1 atom stereocenters. The molecule has 0 amide bonds. The molecule has 0 saturated heterocycles. The second kappa shape index (κ2) is 8.17. The lowest BCUT2D eigenvalue weighted by molar-refractivity contribution is 0.416. The van der Waals surface area contributed by atoms with Gasteiger partial charge in [-0.2, -0.15) is 0 Å². The lowest BCUT2D eigenvalue weighted by atomic mass is 9.94. The predicted molar refractivity (Wildman–Crippen MR) is 122 cm³/mol. The molecule has 0 fully saturated rings. The Morgan fingerprint density at radius 3 is 2.67 bits per heavy atom. The van der Waals surface area contributed by atoms with Gasteiger partial charge in [0.15, 0.2) is 0 Å². The van der Waals surface area contributed by atoms with Crippen LogP contribution in [-0.4, -0.2) is 29.1 Å². The van der Waals surface area contributed by atoms with Crippen LogP contribution >= 0.6 is 0 Å². The number of benzene rings is 2. The van der Waals surface area contributed by atoms with E-state index in [1.165, 1.54) is 16.7 Å². The zero-order chi connectivity index (χ0) is 20.3. The van der Waals surface area contributed by atoms with Crippen LogP contribution < -0.4 is 10.1 Å². The standard InChI is InChI=1S/C26H25N3O/c1-30-25-12-6-5-10-23(25)24-18-29-15-7-11-22(26(29)28-24)20-13-14-27-21(17-20)16-19-8-3-2-4-9-19/h2-12,15,17-18,21,27H,13-14,16H2,1H3. The highest BCUT2D eigenvalue weighted by molar-refractivity contribution is 5.79. The number of para-hydroxylation sites is 1. The van der Waals surface area contributed by atoms with Crippen LogP contribution in [0.2, 0.25) is 0 Å². The van der Waals surface area contributed by atoms with Crippen molar-refractivity contribution in [2.24, 2.45) is 0 Å². The Morgan fingerprint density at radius 1 is 1.00 bits per heavy atom. The normalized spacial score (nSPS) is 16.4. The maximum absolute atomic E-state index is 5.54. The second-order valence-corrected chi connectivity index (χ2v) is 7.67. The number of aromatic nitrogens is 2. The molecule has 4 nitrogen and oxygen atoms in total. The highest BCUT2D eigenvalue weighted by Gasteiger charge is 2.18. The van der Waals surface area contributed by atoms with Crippen molar-refractivity contribution >= 4 is 11.2 Å². The topological polar surface area (TPSA) is 38.6 Å². The fourth-order valence-corrected chi connectivity index (χ4v) is 4.25. The van der Waals surface area contributed by atoms with E-state index in [0.717, 1.165) is 42.0 Å². The molecule has 1 unspecified atom stereocenters. The number of pyridine rings is 1. The molecule has 1 aliphatic heterocycles. The summed E-state index contributed by atoms with van der Waals surface area (Å²) >= 11 is 0. The summed E-state index contributed by atoms with van der Waals surface area (Å²) in [7, 11) is 1.70. The van der Waals surface area contributed by atoms with Gasteiger partial charge in [0.05, 0.1) is 12.8 Å². The molecule has 0 bridgehead atoms. The quantitative estimate of drug-likeness (QED) is 0.517. The van der Waals surface area contributed by atoms with Crippen LogP contribution in [0.3, 0.4) is 0 Å². The van der Waals surface area contributed by atoms with Gasteiger partial charge in [-0.1, -0.05) is 48.5 Å². The molecule has 0 spiro atoms. The number of imidazole rings is 1. The first-order chi connectivity index (χ1) is 14.8. The van der Waals surface area contributed by atoms with Crippen molar-refractivity contribution < 1.29 is 4.74 Å². The number of methoxy groups -OCH3 is 1. The largest absolute Gasteiger partial charge is 0.496 e. The summed E-state index contributed by atoms with van der Waals surface area (Å²) < 4.78 is 7.66. The Hall–Kier alpha value is -3.37. The average Bonchev–Trinajstić information content (AvgIpc) is 3.24. The second-order valence-electron chi connectivity index (χ2n) is 7.67. The predicted octanol–water partition coefficient (Wildman–Crippen LogP) is 5.00. The van der Waals surface area contributed by atoms with E-state index in [0.29, 0.717) is 6.04 Å². The summed E-state index contributed by atoms with van der Waals surface area (Å²) in [5.41, 5.74) is 6.84. The fraction of sp³-hybridized carbons (Fsp3) is 0.192. The molecule has 0 radical (unpaired) electrons.